The van der Waals surface area contributed by atoms with E-state index < -0.39 is 0 Å². The first-order valence-corrected chi connectivity index (χ1v) is 6.21. The fourth-order valence-corrected chi connectivity index (χ4v) is 2.23. The molecule has 0 aromatic carbocycles. The fourth-order valence-electron chi connectivity index (χ4n) is 2.23. The summed E-state index contributed by atoms with van der Waals surface area (Å²) >= 11 is 0. The molecule has 2 N–H and O–H groups in total. The number of hydrogen-bond acceptors (Lipinski definition) is 3. The highest BCUT2D eigenvalue weighted by atomic mass is 16.3. The molecule has 1 aromatic heterocycles. The van der Waals surface area contributed by atoms with Crippen LogP contribution in [-0.4, -0.2) is 40.6 Å². The monoisotopic (exact) mass is 250 g/mol. The molecule has 0 atom stereocenters. The van der Waals surface area contributed by atoms with Crippen molar-refractivity contribution in [1.82, 2.24) is 9.88 Å². The van der Waals surface area contributed by atoms with Crippen LogP contribution in [0.3, 0.4) is 0 Å². The number of nitrogens with zero attached hydrogens (tertiary/aromatic N) is 1. The standard InChI is InChI=1S/C13H18N2O3/c1-9-6-12(17)11(7-14-9)13(18)15-4-2-10(8-16)3-5-15/h6-7,10,16H,2-5,8H2,1H3,(H,14,17). The Bertz CT molecular complexity index is 487. The van der Waals surface area contributed by atoms with E-state index in [0.717, 1.165) is 18.5 Å². The Morgan fingerprint density at radius 1 is 1.50 bits per heavy atom. The minimum absolute atomic E-state index is 0.174. The minimum atomic E-state index is -0.236. The van der Waals surface area contributed by atoms with Gasteiger partial charge in [-0.1, -0.05) is 0 Å². The van der Waals surface area contributed by atoms with Crippen molar-refractivity contribution < 1.29 is 9.90 Å². The van der Waals surface area contributed by atoms with Crippen molar-refractivity contribution in [3.63, 3.8) is 0 Å². The molecule has 5 nitrogen and oxygen atoms in total. The number of nitrogens with one attached hydrogen (secondary N) is 1. The van der Waals surface area contributed by atoms with Crippen LogP contribution in [0.1, 0.15) is 28.9 Å². The summed E-state index contributed by atoms with van der Waals surface area (Å²) in [5, 5.41) is 9.05. The molecular weight excluding hydrogens is 232 g/mol. The Kier molecular flexibility index (Phi) is 3.81. The smallest absolute Gasteiger partial charge is 0.259 e. The normalized spacial score (nSPS) is 16.9. The minimum Gasteiger partial charge on any atom is -0.396 e. The maximum absolute atomic E-state index is 12.2. The topological polar surface area (TPSA) is 73.4 Å². The van der Waals surface area contributed by atoms with Gasteiger partial charge in [-0.15, -0.1) is 0 Å². The Balaban J connectivity index is 2.10. The third-order valence-electron chi connectivity index (χ3n) is 3.45. The number of pyridine rings is 1. The summed E-state index contributed by atoms with van der Waals surface area (Å²) in [6.45, 7) is 3.17. The third kappa shape index (κ3) is 2.61. The lowest BCUT2D eigenvalue weighted by Crippen LogP contribution is -2.40. The molecule has 2 rings (SSSR count). The number of H-pyrrole nitrogens is 1. The predicted octanol–water partition coefficient (Wildman–Crippen LogP) is 0.528. The number of amides is 1. The van der Waals surface area contributed by atoms with Gasteiger partial charge in [0, 0.05) is 37.7 Å². The van der Waals surface area contributed by atoms with Crippen molar-refractivity contribution in [2.75, 3.05) is 19.7 Å². The quantitative estimate of drug-likeness (QED) is 0.804. The van der Waals surface area contributed by atoms with E-state index in [0.29, 0.717) is 13.1 Å². The van der Waals surface area contributed by atoms with Gasteiger partial charge in [0.2, 0.25) is 0 Å². The second-order valence-electron chi connectivity index (χ2n) is 4.81. The van der Waals surface area contributed by atoms with Gasteiger partial charge in [-0.3, -0.25) is 9.59 Å². The number of aliphatic hydroxyl groups excluding tert-OH is 1. The van der Waals surface area contributed by atoms with Crippen LogP contribution >= 0.6 is 0 Å². The van der Waals surface area contributed by atoms with E-state index >= 15 is 0 Å². The maximum Gasteiger partial charge on any atom is 0.259 e. The number of likely N-dealkylation sites (tertiary alicyclic amines) is 1. The van der Waals surface area contributed by atoms with Gasteiger partial charge >= 0.3 is 0 Å². The van der Waals surface area contributed by atoms with Crippen LogP contribution in [0.4, 0.5) is 0 Å². The van der Waals surface area contributed by atoms with Gasteiger partial charge in [0.25, 0.3) is 5.91 Å². The van der Waals surface area contributed by atoms with E-state index in [-0.39, 0.29) is 29.4 Å². The van der Waals surface area contributed by atoms with Crippen LogP contribution in [0.2, 0.25) is 0 Å². The average Bonchev–Trinajstić information content (AvgIpc) is 2.38. The molecule has 0 saturated carbocycles. The lowest BCUT2D eigenvalue weighted by molar-refractivity contribution is 0.0649. The molecule has 0 spiro atoms. The van der Waals surface area contributed by atoms with Gasteiger partial charge in [-0.05, 0) is 25.7 Å². The number of aliphatic hydroxyl groups is 1. The second kappa shape index (κ2) is 5.35. The third-order valence-corrected chi connectivity index (χ3v) is 3.45. The summed E-state index contributed by atoms with van der Waals surface area (Å²) in [5.41, 5.74) is 0.708. The van der Waals surface area contributed by atoms with Crippen molar-refractivity contribution in [2.24, 2.45) is 5.92 Å². The summed E-state index contributed by atoms with van der Waals surface area (Å²) in [6, 6.07) is 1.44. The van der Waals surface area contributed by atoms with Crippen LogP contribution in [-0.2, 0) is 0 Å². The zero-order valence-corrected chi connectivity index (χ0v) is 10.5. The Labute approximate surface area is 105 Å². The summed E-state index contributed by atoms with van der Waals surface area (Å²) in [7, 11) is 0. The molecule has 1 saturated heterocycles. The van der Waals surface area contributed by atoms with Gasteiger partial charge in [0.05, 0.1) is 0 Å². The highest BCUT2D eigenvalue weighted by Gasteiger charge is 2.24. The number of aryl methyl sites for hydroxylation is 1. The van der Waals surface area contributed by atoms with Gasteiger partial charge in [0.1, 0.15) is 5.56 Å². The summed E-state index contributed by atoms with van der Waals surface area (Å²) in [4.78, 5) is 28.5. The first-order chi connectivity index (χ1) is 8.61. The number of rotatable bonds is 2. The molecule has 18 heavy (non-hydrogen) atoms. The maximum atomic E-state index is 12.2. The van der Waals surface area contributed by atoms with E-state index in [4.69, 9.17) is 5.11 Å². The van der Waals surface area contributed by atoms with Crippen molar-refractivity contribution in [3.05, 3.63) is 33.7 Å². The van der Waals surface area contributed by atoms with Gasteiger partial charge < -0.3 is 15.0 Å². The van der Waals surface area contributed by atoms with E-state index in [1.165, 1.54) is 12.3 Å². The Morgan fingerprint density at radius 2 is 2.17 bits per heavy atom. The van der Waals surface area contributed by atoms with E-state index in [2.05, 4.69) is 4.98 Å². The Hall–Kier alpha value is -1.62. The highest BCUT2D eigenvalue weighted by molar-refractivity contribution is 5.93. The first kappa shape index (κ1) is 12.8. The van der Waals surface area contributed by atoms with Crippen molar-refractivity contribution in [2.45, 2.75) is 19.8 Å². The molecule has 5 heteroatoms. The van der Waals surface area contributed by atoms with Crippen LogP contribution in [0.5, 0.6) is 0 Å². The predicted molar refractivity (Wildman–Crippen MR) is 67.5 cm³/mol. The number of piperidine rings is 1. The molecular formula is C13H18N2O3. The van der Waals surface area contributed by atoms with Crippen molar-refractivity contribution in [3.8, 4) is 0 Å². The zero-order chi connectivity index (χ0) is 13.1. The number of carbonyl (C=O) groups is 1. The molecule has 2 heterocycles. The van der Waals surface area contributed by atoms with Crippen LogP contribution in [0, 0.1) is 12.8 Å². The zero-order valence-electron chi connectivity index (χ0n) is 10.5. The van der Waals surface area contributed by atoms with E-state index in [1.807, 2.05) is 0 Å². The molecule has 1 amide bonds. The molecule has 0 bridgehead atoms. The number of hydrogen-bond donors (Lipinski definition) is 2. The number of aromatic nitrogens is 1. The fraction of sp³-hybridized carbons (Fsp3) is 0.538. The average molecular weight is 250 g/mol. The second-order valence-corrected chi connectivity index (χ2v) is 4.81. The summed E-state index contributed by atoms with van der Waals surface area (Å²) in [6.07, 6.45) is 3.08. The van der Waals surface area contributed by atoms with Crippen LogP contribution < -0.4 is 5.43 Å². The van der Waals surface area contributed by atoms with Crippen molar-refractivity contribution in [1.29, 1.82) is 0 Å². The SMILES string of the molecule is Cc1cc(=O)c(C(=O)N2CCC(CO)CC2)c[nH]1. The molecule has 1 aliphatic heterocycles. The number of carbonyl (C=O) groups excluding carboxylic acids is 1. The van der Waals surface area contributed by atoms with Crippen molar-refractivity contribution >= 4 is 5.91 Å². The lowest BCUT2D eigenvalue weighted by atomic mass is 9.97. The molecule has 0 aliphatic carbocycles. The van der Waals surface area contributed by atoms with Gasteiger partial charge in [-0.2, -0.15) is 0 Å². The van der Waals surface area contributed by atoms with Gasteiger partial charge in [-0.25, -0.2) is 0 Å². The first-order valence-electron chi connectivity index (χ1n) is 6.21. The Morgan fingerprint density at radius 3 is 2.72 bits per heavy atom. The number of aromatic amines is 1. The molecule has 1 fully saturated rings. The summed E-state index contributed by atoms with van der Waals surface area (Å²) < 4.78 is 0. The van der Waals surface area contributed by atoms with E-state index in [1.54, 1.807) is 11.8 Å². The van der Waals surface area contributed by atoms with Crippen LogP contribution in [0.25, 0.3) is 0 Å². The van der Waals surface area contributed by atoms with Crippen LogP contribution in [0.15, 0.2) is 17.1 Å². The highest BCUT2D eigenvalue weighted by Crippen LogP contribution is 2.17. The molecule has 0 radical (unpaired) electrons. The molecule has 1 aromatic rings. The molecule has 0 unspecified atom stereocenters. The van der Waals surface area contributed by atoms with Gasteiger partial charge in [0.15, 0.2) is 5.43 Å². The lowest BCUT2D eigenvalue weighted by Gasteiger charge is -2.30. The molecule has 98 valence electrons. The summed E-state index contributed by atoms with van der Waals surface area (Å²) in [5.74, 6) is 0.0676. The van der Waals surface area contributed by atoms with E-state index in [9.17, 15) is 9.59 Å². The largest absolute Gasteiger partial charge is 0.396 e. The molecule has 1 aliphatic rings.